The van der Waals surface area contributed by atoms with E-state index in [-0.39, 0.29) is 0 Å². The summed E-state index contributed by atoms with van der Waals surface area (Å²) < 4.78 is 1.55. The topological polar surface area (TPSA) is 41.7 Å². The van der Waals surface area contributed by atoms with Crippen LogP contribution in [0.2, 0.25) is 5.02 Å². The summed E-state index contributed by atoms with van der Waals surface area (Å²) in [6.07, 6.45) is 0. The van der Waals surface area contributed by atoms with Crippen LogP contribution in [0, 0.1) is 5.41 Å². The molecule has 1 N–H and O–H groups in total. The highest BCUT2D eigenvalue weighted by Crippen LogP contribution is 2.20. The molecule has 72 valence electrons. The van der Waals surface area contributed by atoms with Crippen LogP contribution in [0.1, 0.15) is 0 Å². The average Bonchev–Trinajstić information content (AvgIpc) is 2.48. The Bertz CT molecular complexity index is 498. The van der Waals surface area contributed by atoms with E-state index in [2.05, 4.69) is 5.10 Å². The van der Waals surface area contributed by atoms with Gasteiger partial charge >= 0.3 is 0 Å². The Hall–Kier alpha value is -1.13. The lowest BCUT2D eigenvalue weighted by atomic mass is 10.2. The van der Waals surface area contributed by atoms with E-state index >= 15 is 0 Å². The van der Waals surface area contributed by atoms with Crippen molar-refractivity contribution < 1.29 is 0 Å². The Morgan fingerprint density at radius 2 is 2.00 bits per heavy atom. The van der Waals surface area contributed by atoms with Crippen molar-refractivity contribution in [3.05, 3.63) is 34.1 Å². The van der Waals surface area contributed by atoms with Crippen molar-refractivity contribution in [3.63, 3.8) is 0 Å². The van der Waals surface area contributed by atoms with Crippen molar-refractivity contribution >= 4 is 22.9 Å². The highest BCUT2D eigenvalue weighted by molar-refractivity contribution is 7.12. The SMILES string of the molecule is Cn1nc(-c2ccc(Cl)cc2)sc1=N. The van der Waals surface area contributed by atoms with Gasteiger partial charge in [-0.1, -0.05) is 35.1 Å². The zero-order valence-electron chi connectivity index (χ0n) is 7.49. The monoisotopic (exact) mass is 225 g/mol. The van der Waals surface area contributed by atoms with E-state index in [1.54, 1.807) is 11.7 Å². The molecule has 0 fully saturated rings. The Morgan fingerprint density at radius 3 is 2.50 bits per heavy atom. The summed E-state index contributed by atoms with van der Waals surface area (Å²) in [6.45, 7) is 0. The molecule has 3 nitrogen and oxygen atoms in total. The van der Waals surface area contributed by atoms with Crippen molar-refractivity contribution in [3.8, 4) is 10.6 Å². The molecular weight excluding hydrogens is 218 g/mol. The second-order valence-electron chi connectivity index (χ2n) is 2.84. The fourth-order valence-corrected chi connectivity index (χ4v) is 1.97. The van der Waals surface area contributed by atoms with Crippen molar-refractivity contribution in [2.24, 2.45) is 7.05 Å². The third-order valence-corrected chi connectivity index (χ3v) is 3.04. The van der Waals surface area contributed by atoms with Crippen LogP contribution < -0.4 is 4.80 Å². The molecule has 0 unspecified atom stereocenters. The Kier molecular flexibility index (Phi) is 2.39. The standard InChI is InChI=1S/C9H8ClN3S/c1-13-9(11)14-8(12-13)6-2-4-7(10)5-3-6/h2-5,11H,1H3. The lowest BCUT2D eigenvalue weighted by Gasteiger charge is -1.94. The number of halogens is 1. The molecule has 1 aromatic carbocycles. The maximum absolute atomic E-state index is 7.52. The zero-order chi connectivity index (χ0) is 10.1. The van der Waals surface area contributed by atoms with E-state index in [1.807, 2.05) is 24.3 Å². The number of aromatic nitrogens is 2. The second-order valence-corrected chi connectivity index (χ2v) is 4.26. The molecule has 2 rings (SSSR count). The fraction of sp³-hybridized carbons (Fsp3) is 0.111. The van der Waals surface area contributed by atoms with Crippen LogP contribution in [-0.4, -0.2) is 9.78 Å². The van der Waals surface area contributed by atoms with Crippen LogP contribution in [0.15, 0.2) is 24.3 Å². The highest BCUT2D eigenvalue weighted by atomic mass is 35.5. The Balaban J connectivity index is 2.49. The van der Waals surface area contributed by atoms with Crippen LogP contribution >= 0.6 is 22.9 Å². The smallest absolute Gasteiger partial charge is 0.200 e. The third kappa shape index (κ3) is 1.71. The summed E-state index contributed by atoms with van der Waals surface area (Å²) in [7, 11) is 1.76. The number of aryl methyl sites for hydroxylation is 1. The number of hydrogen-bond donors (Lipinski definition) is 1. The van der Waals surface area contributed by atoms with Gasteiger partial charge in [-0.3, -0.25) is 5.41 Å². The van der Waals surface area contributed by atoms with Crippen molar-refractivity contribution in [2.45, 2.75) is 0 Å². The van der Waals surface area contributed by atoms with Gasteiger partial charge in [0.1, 0.15) is 5.01 Å². The lowest BCUT2D eigenvalue weighted by Crippen LogP contribution is -2.08. The summed E-state index contributed by atoms with van der Waals surface area (Å²) in [5, 5.41) is 13.3. The fourth-order valence-electron chi connectivity index (χ4n) is 1.07. The number of nitrogens with one attached hydrogen (secondary N) is 1. The van der Waals surface area contributed by atoms with E-state index in [0.717, 1.165) is 10.6 Å². The van der Waals surface area contributed by atoms with Crippen molar-refractivity contribution in [1.82, 2.24) is 9.78 Å². The predicted octanol–water partition coefficient (Wildman–Crippen LogP) is 2.28. The minimum absolute atomic E-state index is 0.440. The summed E-state index contributed by atoms with van der Waals surface area (Å²) in [5.74, 6) is 0. The van der Waals surface area contributed by atoms with Gasteiger partial charge in [-0.2, -0.15) is 5.10 Å². The summed E-state index contributed by atoms with van der Waals surface area (Å²) in [4.78, 5) is 0.440. The van der Waals surface area contributed by atoms with Gasteiger partial charge in [0.05, 0.1) is 0 Å². The van der Waals surface area contributed by atoms with Gasteiger partial charge in [0, 0.05) is 17.6 Å². The van der Waals surface area contributed by atoms with Crippen LogP contribution in [0.4, 0.5) is 0 Å². The lowest BCUT2D eigenvalue weighted by molar-refractivity contribution is 0.723. The van der Waals surface area contributed by atoms with E-state index in [0.29, 0.717) is 9.82 Å². The average molecular weight is 226 g/mol. The first-order valence-electron chi connectivity index (χ1n) is 4.01. The molecule has 0 radical (unpaired) electrons. The molecule has 0 aliphatic rings. The molecule has 0 amide bonds. The molecule has 0 spiro atoms. The molecule has 0 atom stereocenters. The molecular formula is C9H8ClN3S. The molecule has 0 aliphatic heterocycles. The van der Waals surface area contributed by atoms with Gasteiger partial charge < -0.3 is 0 Å². The van der Waals surface area contributed by atoms with E-state index in [1.165, 1.54) is 11.3 Å². The molecule has 1 heterocycles. The van der Waals surface area contributed by atoms with E-state index in [9.17, 15) is 0 Å². The quantitative estimate of drug-likeness (QED) is 0.795. The van der Waals surface area contributed by atoms with Gasteiger partial charge in [-0.05, 0) is 12.1 Å². The molecule has 0 aliphatic carbocycles. The summed E-state index contributed by atoms with van der Waals surface area (Å²) in [5.41, 5.74) is 0.994. The van der Waals surface area contributed by atoms with Gasteiger partial charge in [0.25, 0.3) is 0 Å². The van der Waals surface area contributed by atoms with Crippen LogP contribution in [-0.2, 0) is 7.05 Å². The molecule has 14 heavy (non-hydrogen) atoms. The maximum Gasteiger partial charge on any atom is 0.200 e. The summed E-state index contributed by atoms with van der Waals surface area (Å²) >= 11 is 7.13. The van der Waals surface area contributed by atoms with E-state index < -0.39 is 0 Å². The first-order valence-corrected chi connectivity index (χ1v) is 5.21. The minimum Gasteiger partial charge on any atom is -0.274 e. The van der Waals surface area contributed by atoms with Crippen molar-refractivity contribution in [1.29, 1.82) is 5.41 Å². The van der Waals surface area contributed by atoms with Crippen LogP contribution in [0.5, 0.6) is 0 Å². The normalized spacial score (nSPS) is 10.4. The Labute approximate surface area is 90.1 Å². The van der Waals surface area contributed by atoms with Crippen molar-refractivity contribution in [2.75, 3.05) is 0 Å². The molecule has 2 aromatic rings. The molecule has 0 bridgehead atoms. The van der Waals surface area contributed by atoms with Crippen LogP contribution in [0.25, 0.3) is 10.6 Å². The number of rotatable bonds is 1. The third-order valence-electron chi connectivity index (χ3n) is 1.82. The van der Waals surface area contributed by atoms with Crippen LogP contribution in [0.3, 0.4) is 0 Å². The van der Waals surface area contributed by atoms with Gasteiger partial charge in [0.15, 0.2) is 4.80 Å². The van der Waals surface area contributed by atoms with Gasteiger partial charge in [0.2, 0.25) is 0 Å². The molecule has 0 saturated heterocycles. The predicted molar refractivity (Wildman–Crippen MR) is 57.4 cm³/mol. The summed E-state index contributed by atoms with van der Waals surface area (Å²) in [6, 6.07) is 7.45. The van der Waals surface area contributed by atoms with E-state index in [4.69, 9.17) is 17.0 Å². The largest absolute Gasteiger partial charge is 0.274 e. The van der Waals surface area contributed by atoms with Gasteiger partial charge in [-0.15, -0.1) is 0 Å². The Morgan fingerprint density at radius 1 is 1.36 bits per heavy atom. The molecule has 0 saturated carbocycles. The first-order chi connectivity index (χ1) is 6.66. The number of benzene rings is 1. The maximum atomic E-state index is 7.52. The van der Waals surface area contributed by atoms with Gasteiger partial charge in [-0.25, -0.2) is 4.68 Å². The molecule has 1 aromatic heterocycles. The second kappa shape index (κ2) is 3.55. The highest BCUT2D eigenvalue weighted by Gasteiger charge is 2.03. The number of hydrogen-bond acceptors (Lipinski definition) is 3. The zero-order valence-corrected chi connectivity index (χ0v) is 9.06. The molecule has 5 heteroatoms. The minimum atomic E-state index is 0.440. The number of nitrogens with zero attached hydrogens (tertiary/aromatic N) is 2. The first kappa shape index (κ1) is 9.43.